The third kappa shape index (κ3) is 5.83. The van der Waals surface area contributed by atoms with Gasteiger partial charge in [0.15, 0.2) is 0 Å². The van der Waals surface area contributed by atoms with Gasteiger partial charge in [0.2, 0.25) is 0 Å². The molecule has 3 atom stereocenters. The van der Waals surface area contributed by atoms with Crippen molar-refractivity contribution in [3.63, 3.8) is 0 Å². The summed E-state index contributed by atoms with van der Waals surface area (Å²) in [5.41, 5.74) is 0. The van der Waals surface area contributed by atoms with Crippen LogP contribution in [0.1, 0.15) is 51.9 Å². The molecular weight excluding hydrogens is 272 g/mol. The maximum Gasteiger partial charge on any atom is 0.310 e. The Morgan fingerprint density at radius 1 is 1.10 bits per heavy atom. The van der Waals surface area contributed by atoms with Crippen molar-refractivity contribution in [2.24, 2.45) is 5.92 Å². The maximum atomic E-state index is 10.7. The summed E-state index contributed by atoms with van der Waals surface area (Å²) >= 11 is 0. The molecule has 3 unspecified atom stereocenters. The first kappa shape index (κ1) is 18.8. The van der Waals surface area contributed by atoms with Crippen molar-refractivity contribution in [2.75, 3.05) is 27.9 Å². The van der Waals surface area contributed by atoms with Crippen LogP contribution in [0.5, 0.6) is 0 Å². The van der Waals surface area contributed by atoms with Crippen molar-refractivity contribution in [1.29, 1.82) is 0 Å². The second kappa shape index (κ2) is 9.74. The van der Waals surface area contributed by atoms with Gasteiger partial charge in [-0.25, -0.2) is 0 Å². The van der Waals surface area contributed by atoms with Gasteiger partial charge in [0.25, 0.3) is 0 Å². The Hall–Kier alpha value is -0.200. The van der Waals surface area contributed by atoms with E-state index in [1.165, 1.54) is 47.0 Å². The molecule has 1 aliphatic heterocycles. The molecule has 0 spiro atoms. The Bertz CT molecular complexity index is 255. The zero-order valence-corrected chi connectivity index (χ0v) is 14.0. The fourth-order valence-corrected chi connectivity index (χ4v) is 2.86. The van der Waals surface area contributed by atoms with Crippen LogP contribution in [0, 0.1) is 5.92 Å². The lowest BCUT2D eigenvalue weighted by Crippen LogP contribution is -2.51. The van der Waals surface area contributed by atoms with Gasteiger partial charge in [-0.1, -0.05) is 39.0 Å². The zero-order valence-electron chi connectivity index (χ0n) is 14.0. The lowest BCUT2D eigenvalue weighted by atomic mass is 9.89. The molecule has 1 rings (SSSR count). The van der Waals surface area contributed by atoms with Crippen molar-refractivity contribution in [3.05, 3.63) is 0 Å². The maximum absolute atomic E-state index is 10.7. The first-order chi connectivity index (χ1) is 10.1. The summed E-state index contributed by atoms with van der Waals surface area (Å²) in [5.74, 6) is -1.33. The average molecular weight is 304 g/mol. The number of hydrogen-bond donors (Lipinski definition) is 1. The van der Waals surface area contributed by atoms with Crippen LogP contribution in [-0.2, 0) is 18.9 Å². The van der Waals surface area contributed by atoms with Crippen LogP contribution in [0.4, 0.5) is 0 Å². The van der Waals surface area contributed by atoms with E-state index in [4.69, 9.17) is 18.9 Å². The molecule has 1 saturated heterocycles. The molecule has 1 N–H and O–H groups in total. The number of aliphatic hydroxyl groups is 1. The number of aliphatic hydroxyl groups excluding tert-OH is 1. The first-order valence-electron chi connectivity index (χ1n) is 8.08. The molecule has 1 aliphatic rings. The second-order valence-corrected chi connectivity index (χ2v) is 5.81. The fourth-order valence-electron chi connectivity index (χ4n) is 2.86. The molecule has 0 radical (unpaired) electrons. The van der Waals surface area contributed by atoms with Gasteiger partial charge in [0, 0.05) is 21.3 Å². The molecule has 0 amide bonds. The molecule has 0 aliphatic carbocycles. The Balaban J connectivity index is 2.53. The van der Waals surface area contributed by atoms with Crippen molar-refractivity contribution >= 4 is 0 Å². The minimum atomic E-state index is -1.39. The molecule has 0 bridgehead atoms. The monoisotopic (exact) mass is 304 g/mol. The highest BCUT2D eigenvalue weighted by Crippen LogP contribution is 2.33. The van der Waals surface area contributed by atoms with E-state index in [9.17, 15) is 5.11 Å². The van der Waals surface area contributed by atoms with Crippen molar-refractivity contribution in [3.8, 4) is 0 Å². The van der Waals surface area contributed by atoms with Gasteiger partial charge in [-0.3, -0.25) is 0 Å². The highest BCUT2D eigenvalue weighted by Gasteiger charge is 2.45. The highest BCUT2D eigenvalue weighted by molar-refractivity contribution is 4.83. The highest BCUT2D eigenvalue weighted by atomic mass is 16.9. The molecule has 5 nitrogen and oxygen atoms in total. The first-order valence-corrected chi connectivity index (χ1v) is 8.08. The van der Waals surface area contributed by atoms with E-state index in [0.29, 0.717) is 0 Å². The molecule has 21 heavy (non-hydrogen) atoms. The third-order valence-corrected chi connectivity index (χ3v) is 4.31. The van der Waals surface area contributed by atoms with Gasteiger partial charge in [0.05, 0.1) is 12.7 Å². The number of methoxy groups -OCH3 is 3. The van der Waals surface area contributed by atoms with Crippen LogP contribution < -0.4 is 0 Å². The summed E-state index contributed by atoms with van der Waals surface area (Å²) in [6.07, 6.45) is 7.26. The molecule has 0 aromatic rings. The molecule has 0 aromatic carbocycles. The normalized spacial score (nSPS) is 21.3. The van der Waals surface area contributed by atoms with Crippen molar-refractivity contribution in [2.45, 2.75) is 70.1 Å². The average Bonchev–Trinajstić information content (AvgIpc) is 3.32. The molecule has 0 aromatic heterocycles. The van der Waals surface area contributed by atoms with Gasteiger partial charge < -0.3 is 24.1 Å². The minimum Gasteiger partial charge on any atom is -0.384 e. The minimum absolute atomic E-state index is 0.0546. The summed E-state index contributed by atoms with van der Waals surface area (Å²) < 4.78 is 21.2. The largest absolute Gasteiger partial charge is 0.384 e. The number of rotatable bonds is 13. The molecule has 0 saturated carbocycles. The summed E-state index contributed by atoms with van der Waals surface area (Å²) in [6.45, 7) is 3.00. The standard InChI is InChI=1S/C16H32O5/c1-5-6-7-8-9-10-13(11-14-12-21-14)15(17)16(18-2,19-3)20-4/h13-15,17H,5-12H2,1-4H3. The van der Waals surface area contributed by atoms with Gasteiger partial charge in [-0.2, -0.15) is 0 Å². The van der Waals surface area contributed by atoms with E-state index in [1.54, 1.807) is 0 Å². The fraction of sp³-hybridized carbons (Fsp3) is 1.00. The predicted molar refractivity (Wildman–Crippen MR) is 81.0 cm³/mol. The van der Waals surface area contributed by atoms with Crippen LogP contribution in [-0.4, -0.2) is 51.2 Å². The van der Waals surface area contributed by atoms with E-state index in [1.807, 2.05) is 0 Å². The second-order valence-electron chi connectivity index (χ2n) is 5.81. The van der Waals surface area contributed by atoms with E-state index < -0.39 is 12.1 Å². The number of hydrogen-bond acceptors (Lipinski definition) is 5. The molecule has 1 fully saturated rings. The van der Waals surface area contributed by atoms with Crippen LogP contribution in [0.15, 0.2) is 0 Å². The third-order valence-electron chi connectivity index (χ3n) is 4.31. The number of ether oxygens (including phenoxy) is 4. The Morgan fingerprint density at radius 2 is 1.67 bits per heavy atom. The quantitative estimate of drug-likeness (QED) is 0.322. The molecule has 126 valence electrons. The molecule has 5 heteroatoms. The lowest BCUT2D eigenvalue weighted by Gasteiger charge is -2.37. The zero-order chi connectivity index (χ0) is 15.7. The topological polar surface area (TPSA) is 60.5 Å². The van der Waals surface area contributed by atoms with E-state index in [-0.39, 0.29) is 12.0 Å². The van der Waals surface area contributed by atoms with Crippen molar-refractivity contribution in [1.82, 2.24) is 0 Å². The van der Waals surface area contributed by atoms with Crippen LogP contribution in [0.3, 0.4) is 0 Å². The smallest absolute Gasteiger partial charge is 0.310 e. The van der Waals surface area contributed by atoms with Crippen LogP contribution >= 0.6 is 0 Å². The molecule has 1 heterocycles. The lowest BCUT2D eigenvalue weighted by molar-refractivity contribution is -0.395. The van der Waals surface area contributed by atoms with Gasteiger partial charge in [-0.15, -0.1) is 0 Å². The Kier molecular flexibility index (Phi) is 8.74. The Morgan fingerprint density at radius 3 is 2.14 bits per heavy atom. The number of epoxide rings is 1. The van der Waals surface area contributed by atoms with Gasteiger partial charge >= 0.3 is 5.97 Å². The molecular formula is C16H32O5. The van der Waals surface area contributed by atoms with Crippen molar-refractivity contribution < 1.29 is 24.1 Å². The van der Waals surface area contributed by atoms with E-state index in [2.05, 4.69) is 6.92 Å². The van der Waals surface area contributed by atoms with E-state index >= 15 is 0 Å². The predicted octanol–water partition coefficient (Wildman–Crippen LogP) is 2.71. The van der Waals surface area contributed by atoms with Gasteiger partial charge in [-0.05, 0) is 18.8 Å². The Labute approximate surface area is 128 Å². The van der Waals surface area contributed by atoms with Crippen LogP contribution in [0.2, 0.25) is 0 Å². The van der Waals surface area contributed by atoms with Crippen LogP contribution in [0.25, 0.3) is 0 Å². The number of unbranched alkanes of at least 4 members (excludes halogenated alkanes) is 4. The SMILES string of the molecule is CCCCCCCC(CC1CO1)C(O)C(OC)(OC)OC. The summed E-state index contributed by atoms with van der Waals surface area (Å²) in [4.78, 5) is 0. The van der Waals surface area contributed by atoms with E-state index in [0.717, 1.165) is 25.9 Å². The summed E-state index contributed by atoms with van der Waals surface area (Å²) in [6, 6.07) is 0. The van der Waals surface area contributed by atoms with Gasteiger partial charge in [0.1, 0.15) is 6.10 Å². The summed E-state index contributed by atoms with van der Waals surface area (Å²) in [5, 5.41) is 10.7. The summed E-state index contributed by atoms with van der Waals surface area (Å²) in [7, 11) is 4.46.